The summed E-state index contributed by atoms with van der Waals surface area (Å²) in [6.45, 7) is 0.744. The molecule has 0 radical (unpaired) electrons. The van der Waals surface area contributed by atoms with Gasteiger partial charge >= 0.3 is 5.97 Å². The van der Waals surface area contributed by atoms with Crippen molar-refractivity contribution >= 4 is 5.97 Å². The maximum absolute atomic E-state index is 11.3. The van der Waals surface area contributed by atoms with Crippen LogP contribution < -0.4 is 5.48 Å². The Morgan fingerprint density at radius 3 is 2.22 bits per heavy atom. The lowest BCUT2D eigenvalue weighted by atomic mass is 10.00. The van der Waals surface area contributed by atoms with Gasteiger partial charge < -0.3 is 5.11 Å². The minimum absolute atomic E-state index is 0.316. The minimum atomic E-state index is -0.783. The molecule has 0 fully saturated rings. The molecule has 0 spiro atoms. The molecule has 1 atom stereocenters. The molecule has 4 heteroatoms. The van der Waals surface area contributed by atoms with Gasteiger partial charge in [-0.1, -0.05) is 60.7 Å². The number of carboxylic acid groups (broad SMARTS) is 1. The van der Waals surface area contributed by atoms with E-state index in [2.05, 4.69) is 17.6 Å². The van der Waals surface area contributed by atoms with Gasteiger partial charge in [0.15, 0.2) is 0 Å². The third-order valence-electron chi connectivity index (χ3n) is 3.72. The zero-order chi connectivity index (χ0) is 16.3. The first kappa shape index (κ1) is 17.2. The van der Waals surface area contributed by atoms with Crippen molar-refractivity contribution in [2.45, 2.75) is 25.9 Å². The van der Waals surface area contributed by atoms with Crippen molar-refractivity contribution in [1.82, 2.24) is 5.48 Å². The average Bonchev–Trinajstić information content (AvgIpc) is 2.58. The van der Waals surface area contributed by atoms with Crippen LogP contribution in [0, 0.1) is 5.92 Å². The van der Waals surface area contributed by atoms with Gasteiger partial charge in [-0.2, -0.15) is 0 Å². The third kappa shape index (κ3) is 6.63. The van der Waals surface area contributed by atoms with E-state index >= 15 is 0 Å². The first-order valence-corrected chi connectivity index (χ1v) is 7.91. The normalized spacial score (nSPS) is 12.0. The molecule has 0 aromatic heterocycles. The van der Waals surface area contributed by atoms with E-state index in [0.29, 0.717) is 19.6 Å². The standard InChI is InChI=1S/C19H23NO3/c21-19(22)18(13-7-12-16-8-3-1-4-9-16)14-20-23-15-17-10-5-2-6-11-17/h1-6,8-11,18,20H,7,12-15H2,(H,21,22)/t18-/m1/s1. The fourth-order valence-electron chi connectivity index (χ4n) is 2.38. The number of aryl methyl sites for hydroxylation is 1. The van der Waals surface area contributed by atoms with E-state index in [-0.39, 0.29) is 0 Å². The van der Waals surface area contributed by atoms with Crippen molar-refractivity contribution in [1.29, 1.82) is 0 Å². The molecule has 23 heavy (non-hydrogen) atoms. The number of carboxylic acids is 1. The highest BCUT2D eigenvalue weighted by molar-refractivity contribution is 5.70. The molecule has 0 unspecified atom stereocenters. The lowest BCUT2D eigenvalue weighted by molar-refractivity contribution is -0.143. The Kier molecular flexibility index (Phi) is 7.30. The van der Waals surface area contributed by atoms with Crippen LogP contribution in [0.5, 0.6) is 0 Å². The second-order valence-corrected chi connectivity index (χ2v) is 5.54. The second-order valence-electron chi connectivity index (χ2n) is 5.54. The van der Waals surface area contributed by atoms with Crippen LogP contribution in [-0.4, -0.2) is 17.6 Å². The van der Waals surface area contributed by atoms with Gasteiger partial charge in [-0.05, 0) is 30.4 Å². The summed E-state index contributed by atoms with van der Waals surface area (Å²) in [5, 5.41) is 9.29. The Morgan fingerprint density at radius 1 is 1.00 bits per heavy atom. The van der Waals surface area contributed by atoms with E-state index < -0.39 is 11.9 Å². The van der Waals surface area contributed by atoms with Gasteiger partial charge in [-0.15, -0.1) is 0 Å². The van der Waals surface area contributed by atoms with Gasteiger partial charge in [0.2, 0.25) is 0 Å². The van der Waals surface area contributed by atoms with Crippen LogP contribution in [0.1, 0.15) is 24.0 Å². The summed E-state index contributed by atoms with van der Waals surface area (Å²) >= 11 is 0. The molecule has 2 rings (SSSR count). The Bertz CT molecular complexity index is 572. The maximum Gasteiger partial charge on any atom is 0.307 e. The van der Waals surface area contributed by atoms with Crippen LogP contribution in [0.3, 0.4) is 0 Å². The van der Waals surface area contributed by atoms with Crippen LogP contribution >= 0.6 is 0 Å². The van der Waals surface area contributed by atoms with E-state index in [1.807, 2.05) is 48.5 Å². The number of aliphatic carboxylic acids is 1. The highest BCUT2D eigenvalue weighted by atomic mass is 16.6. The van der Waals surface area contributed by atoms with Gasteiger partial charge in [0.05, 0.1) is 12.5 Å². The minimum Gasteiger partial charge on any atom is -0.481 e. The fraction of sp³-hybridized carbons (Fsp3) is 0.316. The van der Waals surface area contributed by atoms with Crippen molar-refractivity contribution in [3.05, 3.63) is 71.8 Å². The number of nitrogens with one attached hydrogen (secondary N) is 1. The lowest BCUT2D eigenvalue weighted by Gasteiger charge is -2.13. The molecule has 0 saturated heterocycles. The van der Waals surface area contributed by atoms with Gasteiger partial charge in [0, 0.05) is 6.54 Å². The lowest BCUT2D eigenvalue weighted by Crippen LogP contribution is -2.28. The number of rotatable bonds is 10. The summed E-state index contributed by atoms with van der Waals surface area (Å²) in [7, 11) is 0. The number of benzene rings is 2. The van der Waals surface area contributed by atoms with E-state index in [0.717, 1.165) is 18.4 Å². The van der Waals surface area contributed by atoms with E-state index in [4.69, 9.17) is 4.84 Å². The molecule has 0 aliphatic carbocycles. The van der Waals surface area contributed by atoms with Crippen LogP contribution in [-0.2, 0) is 22.7 Å². The smallest absolute Gasteiger partial charge is 0.307 e. The molecule has 0 aliphatic heterocycles. The molecule has 2 aromatic rings. The molecular formula is C19H23NO3. The quantitative estimate of drug-likeness (QED) is 0.521. The molecular weight excluding hydrogens is 290 g/mol. The average molecular weight is 313 g/mol. The van der Waals surface area contributed by atoms with Gasteiger partial charge in [-0.25, -0.2) is 5.48 Å². The maximum atomic E-state index is 11.3. The third-order valence-corrected chi connectivity index (χ3v) is 3.72. The number of hydrogen-bond donors (Lipinski definition) is 2. The van der Waals surface area contributed by atoms with Crippen molar-refractivity contribution < 1.29 is 14.7 Å². The SMILES string of the molecule is O=C(O)[C@H](CCCc1ccccc1)CNOCc1ccccc1. The Morgan fingerprint density at radius 2 is 1.61 bits per heavy atom. The molecule has 0 heterocycles. The van der Waals surface area contributed by atoms with Crippen LogP contribution in [0.15, 0.2) is 60.7 Å². The van der Waals surface area contributed by atoms with E-state index in [1.54, 1.807) is 0 Å². The molecule has 0 saturated carbocycles. The summed E-state index contributed by atoms with van der Waals surface area (Å²) in [6, 6.07) is 19.9. The molecule has 0 aliphatic rings. The molecule has 2 aromatic carbocycles. The predicted molar refractivity (Wildman–Crippen MR) is 89.7 cm³/mol. The fourth-order valence-corrected chi connectivity index (χ4v) is 2.38. The second kappa shape index (κ2) is 9.77. The summed E-state index contributed by atoms with van der Waals surface area (Å²) in [5.41, 5.74) is 5.08. The topological polar surface area (TPSA) is 58.6 Å². The summed E-state index contributed by atoms with van der Waals surface area (Å²) in [5.74, 6) is -1.22. The Balaban J connectivity index is 1.66. The molecule has 0 bridgehead atoms. The first-order valence-electron chi connectivity index (χ1n) is 7.91. The van der Waals surface area contributed by atoms with Crippen LogP contribution in [0.2, 0.25) is 0 Å². The van der Waals surface area contributed by atoms with Crippen molar-refractivity contribution in [3.63, 3.8) is 0 Å². The number of hydrogen-bond acceptors (Lipinski definition) is 3. The van der Waals surface area contributed by atoms with Crippen molar-refractivity contribution in [2.75, 3.05) is 6.54 Å². The molecule has 4 nitrogen and oxygen atoms in total. The van der Waals surface area contributed by atoms with E-state index in [9.17, 15) is 9.90 Å². The zero-order valence-electron chi connectivity index (χ0n) is 13.2. The Labute approximate surface area is 137 Å². The first-order chi connectivity index (χ1) is 11.3. The van der Waals surface area contributed by atoms with Gasteiger partial charge in [-0.3, -0.25) is 9.63 Å². The summed E-state index contributed by atoms with van der Waals surface area (Å²) in [6.07, 6.45) is 2.38. The van der Waals surface area contributed by atoms with Gasteiger partial charge in [0.25, 0.3) is 0 Å². The number of carbonyl (C=O) groups is 1. The predicted octanol–water partition coefficient (Wildman–Crippen LogP) is 3.43. The monoisotopic (exact) mass is 313 g/mol. The zero-order valence-corrected chi connectivity index (χ0v) is 13.2. The molecule has 0 amide bonds. The highest BCUT2D eigenvalue weighted by Crippen LogP contribution is 2.11. The highest BCUT2D eigenvalue weighted by Gasteiger charge is 2.16. The molecule has 2 N–H and O–H groups in total. The van der Waals surface area contributed by atoms with Gasteiger partial charge in [0.1, 0.15) is 0 Å². The number of hydroxylamine groups is 1. The van der Waals surface area contributed by atoms with Crippen molar-refractivity contribution in [2.24, 2.45) is 5.92 Å². The van der Waals surface area contributed by atoms with Crippen LogP contribution in [0.4, 0.5) is 0 Å². The summed E-state index contributed by atoms with van der Waals surface area (Å²) < 4.78 is 0. The Hall–Kier alpha value is -2.17. The van der Waals surface area contributed by atoms with Crippen LogP contribution in [0.25, 0.3) is 0 Å². The van der Waals surface area contributed by atoms with Crippen molar-refractivity contribution in [3.8, 4) is 0 Å². The molecule has 122 valence electrons. The summed E-state index contributed by atoms with van der Waals surface area (Å²) in [4.78, 5) is 16.7. The van der Waals surface area contributed by atoms with E-state index in [1.165, 1.54) is 5.56 Å². The largest absolute Gasteiger partial charge is 0.481 e.